The summed E-state index contributed by atoms with van der Waals surface area (Å²) in [4.78, 5) is 51.5. The minimum Gasteiger partial charge on any atom is -0.490 e. The molecule has 0 saturated carbocycles. The van der Waals surface area contributed by atoms with Gasteiger partial charge in [0.15, 0.2) is 28.8 Å². The largest absolute Gasteiger partial charge is 0.490 e. The third-order valence-corrected chi connectivity index (χ3v) is 7.35. The van der Waals surface area contributed by atoms with Crippen molar-refractivity contribution in [3.8, 4) is 11.5 Å². The molecule has 15 heteroatoms. The summed E-state index contributed by atoms with van der Waals surface area (Å²) in [5.74, 6) is -2.56. The van der Waals surface area contributed by atoms with Crippen molar-refractivity contribution >= 4 is 53.0 Å². The zero-order valence-electron chi connectivity index (χ0n) is 25.3. The second-order valence-corrected chi connectivity index (χ2v) is 10.5. The van der Waals surface area contributed by atoms with Crippen LogP contribution in [-0.2, 0) is 19.1 Å². The Labute approximate surface area is 264 Å². The molecule has 3 atom stereocenters. The van der Waals surface area contributed by atoms with Gasteiger partial charge in [0.1, 0.15) is 6.61 Å². The van der Waals surface area contributed by atoms with E-state index < -0.39 is 42.0 Å². The average Bonchev–Trinajstić information content (AvgIpc) is 2.99. The topological polar surface area (TPSA) is 180 Å². The average molecular weight is 639 g/mol. The van der Waals surface area contributed by atoms with Crippen LogP contribution in [0, 0.1) is 19.8 Å². The lowest BCUT2D eigenvalue weighted by Crippen LogP contribution is -2.58. The Kier molecular flexibility index (Phi) is 10.4. The van der Waals surface area contributed by atoms with Gasteiger partial charge in [0, 0.05) is 11.9 Å². The van der Waals surface area contributed by atoms with Gasteiger partial charge in [-0.05, 0) is 80.9 Å². The van der Waals surface area contributed by atoms with Crippen LogP contribution >= 0.6 is 12.2 Å². The number of nitrogens with one attached hydrogen (secondary N) is 4. The van der Waals surface area contributed by atoms with Crippen LogP contribution in [0.3, 0.4) is 0 Å². The van der Waals surface area contributed by atoms with Gasteiger partial charge >= 0.3 is 12.0 Å². The number of esters is 1. The lowest BCUT2D eigenvalue weighted by Gasteiger charge is -2.31. The molecule has 2 heterocycles. The molecule has 2 aromatic rings. The van der Waals surface area contributed by atoms with Crippen LogP contribution in [0.1, 0.15) is 36.6 Å². The normalized spacial score (nSPS) is 19.1. The summed E-state index contributed by atoms with van der Waals surface area (Å²) in [5.41, 5.74) is 6.06. The highest BCUT2D eigenvalue weighted by atomic mass is 32.1. The monoisotopic (exact) mass is 638 g/mol. The van der Waals surface area contributed by atoms with E-state index >= 15 is 0 Å². The Morgan fingerprint density at radius 2 is 1.84 bits per heavy atom. The van der Waals surface area contributed by atoms with Crippen molar-refractivity contribution in [1.29, 1.82) is 0 Å². The fourth-order valence-electron chi connectivity index (χ4n) is 4.66. The lowest BCUT2D eigenvalue weighted by molar-refractivity contribution is -0.136. The maximum atomic E-state index is 13.2. The van der Waals surface area contributed by atoms with Crippen LogP contribution in [0.15, 0.2) is 52.8 Å². The van der Waals surface area contributed by atoms with Crippen molar-refractivity contribution in [3.63, 3.8) is 0 Å². The number of ether oxygens (including phenoxy) is 3. The summed E-state index contributed by atoms with van der Waals surface area (Å²) in [6, 6.07) is 8.93. The van der Waals surface area contributed by atoms with Crippen LogP contribution in [0.4, 0.5) is 10.5 Å². The molecule has 0 unspecified atom stereocenters. The SMILES string of the molecule is CCOc1cc([C@@H]2NC(=O)NC(C)=C2C(=O)OC)ccc1OC[C@@H](O)N/N=C/[C@H]1C(=O)NC(=S)N(c2ccc(C)c(C)c2)C1=O. The number of rotatable bonds is 11. The Hall–Kier alpha value is -5.02. The van der Waals surface area contributed by atoms with Crippen molar-refractivity contribution in [2.24, 2.45) is 11.0 Å². The van der Waals surface area contributed by atoms with Crippen LogP contribution in [0.5, 0.6) is 11.5 Å². The number of amides is 4. The molecule has 2 aromatic carbocycles. The van der Waals surface area contributed by atoms with Crippen molar-refractivity contribution in [2.45, 2.75) is 40.0 Å². The first-order valence-corrected chi connectivity index (χ1v) is 14.3. The molecule has 45 heavy (non-hydrogen) atoms. The molecule has 0 radical (unpaired) electrons. The second-order valence-electron chi connectivity index (χ2n) is 10.1. The van der Waals surface area contributed by atoms with Crippen molar-refractivity contribution < 1.29 is 38.5 Å². The minimum atomic E-state index is -1.34. The molecule has 4 rings (SSSR count). The predicted molar refractivity (Wildman–Crippen MR) is 167 cm³/mol. The van der Waals surface area contributed by atoms with Crippen LogP contribution in [0.25, 0.3) is 0 Å². The number of aryl methyl sites for hydroxylation is 2. The molecule has 238 valence electrons. The molecule has 2 aliphatic heterocycles. The highest BCUT2D eigenvalue weighted by Gasteiger charge is 2.38. The summed E-state index contributed by atoms with van der Waals surface area (Å²) in [6.45, 7) is 7.20. The predicted octanol–water partition coefficient (Wildman–Crippen LogP) is 1.84. The summed E-state index contributed by atoms with van der Waals surface area (Å²) < 4.78 is 16.4. The summed E-state index contributed by atoms with van der Waals surface area (Å²) in [5, 5.41) is 22.1. The third kappa shape index (κ3) is 7.38. The number of anilines is 1. The Morgan fingerprint density at radius 1 is 1.09 bits per heavy atom. The number of aliphatic hydroxyl groups excluding tert-OH is 1. The van der Waals surface area contributed by atoms with Gasteiger partial charge in [-0.15, -0.1) is 0 Å². The molecule has 0 spiro atoms. The molecule has 1 fully saturated rings. The fraction of sp³-hybridized carbons (Fsp3) is 0.333. The fourth-order valence-corrected chi connectivity index (χ4v) is 4.95. The van der Waals surface area contributed by atoms with Gasteiger partial charge in [-0.1, -0.05) is 12.1 Å². The number of thiocarbonyl (C=S) groups is 1. The van der Waals surface area contributed by atoms with Crippen LogP contribution in [0.2, 0.25) is 0 Å². The summed E-state index contributed by atoms with van der Waals surface area (Å²) >= 11 is 5.24. The number of nitrogens with zero attached hydrogens (tertiary/aromatic N) is 2. The maximum absolute atomic E-state index is 13.2. The molecule has 0 aliphatic carbocycles. The number of allylic oxidation sites excluding steroid dienone is 1. The maximum Gasteiger partial charge on any atom is 0.337 e. The van der Waals surface area contributed by atoms with Crippen molar-refractivity contribution in [1.82, 2.24) is 21.4 Å². The van der Waals surface area contributed by atoms with E-state index in [1.54, 1.807) is 44.2 Å². The number of carbonyl (C=O) groups excluding carboxylic acids is 4. The number of methoxy groups -OCH3 is 1. The van der Waals surface area contributed by atoms with Crippen LogP contribution < -0.4 is 35.7 Å². The smallest absolute Gasteiger partial charge is 0.337 e. The lowest BCUT2D eigenvalue weighted by atomic mass is 9.95. The van der Waals surface area contributed by atoms with Gasteiger partial charge in [0.05, 0.1) is 31.0 Å². The highest BCUT2D eigenvalue weighted by Crippen LogP contribution is 2.35. The van der Waals surface area contributed by atoms with Crippen molar-refractivity contribution in [3.05, 3.63) is 64.4 Å². The zero-order valence-corrected chi connectivity index (χ0v) is 26.1. The minimum absolute atomic E-state index is 0.0365. The first kappa shape index (κ1) is 32.9. The Bertz CT molecular complexity index is 1590. The number of carbonyl (C=O) groups is 4. The molecule has 4 amide bonds. The van der Waals surface area contributed by atoms with E-state index in [0.29, 0.717) is 22.7 Å². The third-order valence-electron chi connectivity index (χ3n) is 7.07. The molecule has 5 N–H and O–H groups in total. The first-order valence-electron chi connectivity index (χ1n) is 13.9. The molecule has 2 aliphatic rings. The second kappa shape index (κ2) is 14.2. The van der Waals surface area contributed by atoms with Gasteiger partial charge in [-0.25, -0.2) is 9.59 Å². The van der Waals surface area contributed by atoms with E-state index in [-0.39, 0.29) is 29.6 Å². The molecule has 0 bridgehead atoms. The van der Waals surface area contributed by atoms with Gasteiger partial charge in [-0.2, -0.15) is 5.10 Å². The standard InChI is InChI=1S/C30H34N6O8S/c1-6-43-22-12-18(25-24(28(40)42-5)17(4)32-29(41)33-25)8-10-21(22)44-14-23(37)35-31-13-20-26(38)34-30(45)36(27(20)39)19-9-7-15(2)16(3)11-19/h7-13,20,23,25,35,37H,6,14H2,1-5H3,(H2,32,33,41)(H,34,38,45)/b31-13+/t20-,23+,25-/m0/s1. The Morgan fingerprint density at radius 3 is 2.53 bits per heavy atom. The van der Waals surface area contributed by atoms with E-state index in [9.17, 15) is 24.3 Å². The molecule has 14 nitrogen and oxygen atoms in total. The number of hydrogen-bond donors (Lipinski definition) is 5. The highest BCUT2D eigenvalue weighted by molar-refractivity contribution is 7.80. The summed E-state index contributed by atoms with van der Waals surface area (Å²) in [6.07, 6.45) is -0.256. The van der Waals surface area contributed by atoms with Gasteiger partial charge in [0.25, 0.3) is 5.91 Å². The van der Waals surface area contributed by atoms with E-state index in [1.807, 2.05) is 19.9 Å². The van der Waals surface area contributed by atoms with Gasteiger partial charge in [-0.3, -0.25) is 19.9 Å². The number of aliphatic hydroxyl groups is 1. The molecule has 0 aromatic heterocycles. The van der Waals surface area contributed by atoms with Crippen LogP contribution in [-0.4, -0.2) is 66.8 Å². The van der Waals surface area contributed by atoms with E-state index in [0.717, 1.165) is 17.3 Å². The summed E-state index contributed by atoms with van der Waals surface area (Å²) in [7, 11) is 1.25. The number of hydrazone groups is 1. The molecular formula is C30H34N6O8S. The van der Waals surface area contributed by atoms with E-state index in [1.165, 1.54) is 12.0 Å². The molecule has 1 saturated heterocycles. The quantitative estimate of drug-likeness (QED) is 0.0609. The van der Waals surface area contributed by atoms with E-state index in [2.05, 4.69) is 26.5 Å². The van der Waals surface area contributed by atoms with Crippen molar-refractivity contribution in [2.75, 3.05) is 25.2 Å². The number of benzene rings is 2. The number of urea groups is 1. The van der Waals surface area contributed by atoms with E-state index in [4.69, 9.17) is 26.4 Å². The molecular weight excluding hydrogens is 604 g/mol. The number of hydrogen-bond acceptors (Lipinski definition) is 11. The van der Waals surface area contributed by atoms with Gasteiger partial charge in [0.2, 0.25) is 5.91 Å². The first-order chi connectivity index (χ1) is 21.4. The zero-order chi connectivity index (χ0) is 32.8. The van der Waals surface area contributed by atoms with Gasteiger partial charge < -0.3 is 35.3 Å². The Balaban J connectivity index is 1.42.